The Morgan fingerprint density at radius 3 is 2.21 bits per heavy atom. The zero-order valence-corrected chi connectivity index (χ0v) is 9.02. The van der Waals surface area contributed by atoms with Crippen LogP contribution in [0.4, 0.5) is 0 Å². The summed E-state index contributed by atoms with van der Waals surface area (Å²) in [5, 5.41) is 2.66. The molecule has 0 aliphatic rings. The van der Waals surface area contributed by atoms with E-state index < -0.39 is 0 Å². The van der Waals surface area contributed by atoms with Crippen LogP contribution < -0.4 is 0 Å². The normalized spacial score (nSPS) is 10.9. The quantitative estimate of drug-likeness (QED) is 0.580. The average molecular weight is 183 g/mol. The van der Waals surface area contributed by atoms with Crippen molar-refractivity contribution in [2.24, 2.45) is 0 Å². The Bertz CT molecular complexity index is 493. The van der Waals surface area contributed by atoms with Gasteiger partial charge in [0, 0.05) is 0 Å². The number of fused-ring (bicyclic) bond motifs is 1. The second kappa shape index (κ2) is 3.13. The Balaban J connectivity index is 3.01. The largest absolute Gasteiger partial charge is 0.0584 e. The number of rotatable bonds is 0. The molecule has 0 spiro atoms. The molecule has 71 valence electrons. The minimum absolute atomic E-state index is 1.12. The molecule has 14 heavy (non-hydrogen) atoms. The van der Waals surface area contributed by atoms with Gasteiger partial charge in [-0.05, 0) is 60.7 Å². The van der Waals surface area contributed by atoms with Gasteiger partial charge in [0.05, 0.1) is 0 Å². The van der Waals surface area contributed by atoms with Gasteiger partial charge in [-0.1, -0.05) is 24.3 Å². The fraction of sp³-hybridized carbons (Fsp3) is 0.214. The van der Waals surface area contributed by atoms with Gasteiger partial charge in [0.15, 0.2) is 0 Å². The summed E-state index contributed by atoms with van der Waals surface area (Å²) in [4.78, 5) is 0. The number of benzene rings is 2. The summed E-state index contributed by atoms with van der Waals surface area (Å²) in [6, 6.07) is 8.59. The highest BCUT2D eigenvalue weighted by Gasteiger charge is 2.04. The first kappa shape index (κ1) is 9.26. The predicted molar refractivity (Wildman–Crippen MR) is 62.6 cm³/mol. The van der Waals surface area contributed by atoms with Gasteiger partial charge < -0.3 is 0 Å². The minimum atomic E-state index is 1.12. The highest BCUT2D eigenvalue weighted by molar-refractivity contribution is 5.92. The van der Waals surface area contributed by atoms with Crippen LogP contribution in [0, 0.1) is 27.7 Å². The van der Waals surface area contributed by atoms with Crippen molar-refractivity contribution in [3.05, 3.63) is 53.4 Å². The molecule has 0 amide bonds. The lowest BCUT2D eigenvalue weighted by molar-refractivity contribution is 1.36. The third-order valence-corrected chi connectivity index (χ3v) is 3.01. The lowest BCUT2D eigenvalue weighted by Gasteiger charge is -2.10. The molecule has 0 bridgehead atoms. The maximum Gasteiger partial charge on any atom is -0.0120 e. The van der Waals surface area contributed by atoms with Gasteiger partial charge in [0.2, 0.25) is 0 Å². The molecule has 0 heterocycles. The van der Waals surface area contributed by atoms with Crippen molar-refractivity contribution in [1.29, 1.82) is 0 Å². The molecule has 0 unspecified atom stereocenters. The van der Waals surface area contributed by atoms with E-state index in [1.54, 1.807) is 0 Å². The second-order valence-electron chi connectivity index (χ2n) is 3.97. The first-order chi connectivity index (χ1) is 6.61. The molecule has 0 N–H and O–H groups in total. The summed E-state index contributed by atoms with van der Waals surface area (Å²) in [5.41, 5.74) is 5.19. The smallest absolute Gasteiger partial charge is 0.0120 e. The Kier molecular flexibility index (Phi) is 2.07. The molecule has 0 aliphatic heterocycles. The molecular weight excluding hydrogens is 168 g/mol. The Hall–Kier alpha value is -1.30. The van der Waals surface area contributed by atoms with Gasteiger partial charge in [-0.25, -0.2) is 0 Å². The summed E-state index contributed by atoms with van der Waals surface area (Å²) in [7, 11) is 0. The van der Waals surface area contributed by atoms with Crippen LogP contribution in [0.2, 0.25) is 0 Å². The molecule has 0 aromatic heterocycles. The van der Waals surface area contributed by atoms with Gasteiger partial charge in [-0.15, -0.1) is 0 Å². The van der Waals surface area contributed by atoms with Gasteiger partial charge >= 0.3 is 0 Å². The van der Waals surface area contributed by atoms with Crippen molar-refractivity contribution in [3.63, 3.8) is 0 Å². The molecule has 0 atom stereocenters. The molecule has 0 nitrogen and oxygen atoms in total. The molecule has 0 heteroatoms. The highest BCUT2D eigenvalue weighted by atomic mass is 14.1. The molecule has 0 saturated heterocycles. The molecule has 2 aromatic carbocycles. The van der Waals surface area contributed by atoms with Crippen molar-refractivity contribution in [1.82, 2.24) is 0 Å². The van der Waals surface area contributed by atoms with Crippen molar-refractivity contribution in [3.8, 4) is 0 Å². The van der Waals surface area contributed by atoms with Crippen LogP contribution in [-0.2, 0) is 0 Å². The molecule has 0 aliphatic carbocycles. The third kappa shape index (κ3) is 1.22. The van der Waals surface area contributed by atoms with E-state index in [-0.39, 0.29) is 0 Å². The van der Waals surface area contributed by atoms with E-state index in [4.69, 9.17) is 0 Å². The molecule has 1 radical (unpaired) electrons. The van der Waals surface area contributed by atoms with Gasteiger partial charge in [-0.3, -0.25) is 0 Å². The molecule has 0 saturated carbocycles. The van der Waals surface area contributed by atoms with E-state index >= 15 is 0 Å². The summed E-state index contributed by atoms with van der Waals surface area (Å²) in [5.74, 6) is 0. The zero-order chi connectivity index (χ0) is 10.3. The van der Waals surface area contributed by atoms with Crippen LogP contribution in [0.15, 0.2) is 24.3 Å². The van der Waals surface area contributed by atoms with E-state index in [0.717, 1.165) is 5.56 Å². The van der Waals surface area contributed by atoms with Crippen LogP contribution in [-0.4, -0.2) is 0 Å². The van der Waals surface area contributed by atoms with Crippen molar-refractivity contribution < 1.29 is 0 Å². The van der Waals surface area contributed by atoms with Crippen LogP contribution >= 0.6 is 0 Å². The first-order valence-corrected chi connectivity index (χ1v) is 4.92. The Labute approximate surface area is 85.6 Å². The summed E-state index contributed by atoms with van der Waals surface area (Å²) < 4.78 is 0. The van der Waals surface area contributed by atoms with E-state index in [1.807, 2.05) is 0 Å². The lowest BCUT2D eigenvalue weighted by Crippen LogP contribution is -1.89. The van der Waals surface area contributed by atoms with E-state index in [0.29, 0.717) is 0 Å². The lowest BCUT2D eigenvalue weighted by atomic mass is 9.94. The third-order valence-electron chi connectivity index (χ3n) is 3.01. The van der Waals surface area contributed by atoms with Gasteiger partial charge in [0.25, 0.3) is 0 Å². The van der Waals surface area contributed by atoms with Crippen LogP contribution in [0.3, 0.4) is 0 Å². The first-order valence-electron chi connectivity index (χ1n) is 4.92. The fourth-order valence-corrected chi connectivity index (χ4v) is 1.99. The minimum Gasteiger partial charge on any atom is -0.0584 e. The fourth-order valence-electron chi connectivity index (χ4n) is 1.99. The topological polar surface area (TPSA) is 0 Å². The SMILES string of the molecule is [CH2]c1ccc(C)c2c(C)c(C)ccc12. The van der Waals surface area contributed by atoms with E-state index in [9.17, 15) is 0 Å². The molecule has 2 aromatic rings. The predicted octanol–water partition coefficient (Wildman–Crippen LogP) is 3.95. The molecule has 0 fully saturated rings. The summed E-state index contributed by atoms with van der Waals surface area (Å²) in [6.07, 6.45) is 0. The van der Waals surface area contributed by atoms with Gasteiger partial charge in [-0.2, -0.15) is 0 Å². The standard InChI is InChI=1S/C14H15/c1-9-7-8-13-10(2)5-6-11(3)14(13)12(9)4/h5-8H,2H2,1,3-4H3. The van der Waals surface area contributed by atoms with Crippen LogP contribution in [0.25, 0.3) is 10.8 Å². The molecular formula is C14H15. The van der Waals surface area contributed by atoms with Crippen molar-refractivity contribution >= 4 is 10.8 Å². The van der Waals surface area contributed by atoms with Gasteiger partial charge in [0.1, 0.15) is 0 Å². The Morgan fingerprint density at radius 1 is 0.857 bits per heavy atom. The number of aryl methyl sites for hydroxylation is 3. The number of hydrogen-bond acceptors (Lipinski definition) is 0. The molecule has 2 rings (SSSR count). The monoisotopic (exact) mass is 183 g/mol. The second-order valence-corrected chi connectivity index (χ2v) is 3.97. The highest BCUT2D eigenvalue weighted by Crippen LogP contribution is 2.27. The summed E-state index contributed by atoms with van der Waals surface area (Å²) in [6.45, 7) is 10.6. The number of hydrogen-bond donors (Lipinski definition) is 0. The Morgan fingerprint density at radius 2 is 1.50 bits per heavy atom. The average Bonchev–Trinajstić information content (AvgIpc) is 2.16. The van der Waals surface area contributed by atoms with Crippen LogP contribution in [0.5, 0.6) is 0 Å². The zero-order valence-electron chi connectivity index (χ0n) is 9.02. The van der Waals surface area contributed by atoms with Crippen molar-refractivity contribution in [2.75, 3.05) is 0 Å². The van der Waals surface area contributed by atoms with E-state index in [2.05, 4.69) is 52.0 Å². The summed E-state index contributed by atoms with van der Waals surface area (Å²) >= 11 is 0. The van der Waals surface area contributed by atoms with Crippen molar-refractivity contribution in [2.45, 2.75) is 20.8 Å². The maximum atomic E-state index is 4.06. The van der Waals surface area contributed by atoms with Crippen LogP contribution in [0.1, 0.15) is 22.3 Å². The van der Waals surface area contributed by atoms with E-state index in [1.165, 1.54) is 27.5 Å². The maximum absolute atomic E-state index is 4.06.